The van der Waals surface area contributed by atoms with Gasteiger partial charge < -0.3 is 5.73 Å². The molecule has 1 fully saturated rings. The monoisotopic (exact) mass is 282 g/mol. The van der Waals surface area contributed by atoms with E-state index >= 15 is 0 Å². The molecule has 1 aromatic rings. The van der Waals surface area contributed by atoms with Crippen LogP contribution in [0.2, 0.25) is 0 Å². The van der Waals surface area contributed by atoms with Gasteiger partial charge in [0.2, 0.25) is 0 Å². The van der Waals surface area contributed by atoms with E-state index < -0.39 is 11.6 Å². The minimum Gasteiger partial charge on any atom is -0.329 e. The van der Waals surface area contributed by atoms with E-state index in [1.807, 2.05) is 0 Å². The van der Waals surface area contributed by atoms with E-state index in [4.69, 9.17) is 5.73 Å². The summed E-state index contributed by atoms with van der Waals surface area (Å²) in [6.45, 7) is 6.42. The Morgan fingerprint density at radius 3 is 2.25 bits per heavy atom. The molecule has 0 radical (unpaired) electrons. The van der Waals surface area contributed by atoms with Crippen molar-refractivity contribution in [2.45, 2.75) is 39.2 Å². The fraction of sp³-hybridized carbons (Fsp3) is 0.625. The first-order valence-corrected chi connectivity index (χ1v) is 7.39. The number of likely N-dealkylation sites (tertiary alicyclic amines) is 1. The summed E-state index contributed by atoms with van der Waals surface area (Å²) in [6.07, 6.45) is 3.24. The third-order valence-corrected chi connectivity index (χ3v) is 4.86. The molecule has 1 saturated heterocycles. The van der Waals surface area contributed by atoms with E-state index in [0.29, 0.717) is 5.41 Å². The number of benzene rings is 1. The summed E-state index contributed by atoms with van der Waals surface area (Å²) >= 11 is 0. The maximum Gasteiger partial charge on any atom is 0.130 e. The number of nitrogens with two attached hydrogens (primary N) is 1. The van der Waals surface area contributed by atoms with Gasteiger partial charge in [0.25, 0.3) is 0 Å². The number of rotatable bonds is 4. The molecule has 1 aromatic carbocycles. The zero-order valence-corrected chi connectivity index (χ0v) is 12.3. The summed E-state index contributed by atoms with van der Waals surface area (Å²) in [5, 5.41) is 0. The fourth-order valence-corrected chi connectivity index (χ4v) is 3.01. The number of hydrogen-bond donors (Lipinski definition) is 1. The molecule has 1 unspecified atom stereocenters. The minimum absolute atomic E-state index is 0.120. The van der Waals surface area contributed by atoms with Gasteiger partial charge in [-0.05, 0) is 43.5 Å². The van der Waals surface area contributed by atoms with Gasteiger partial charge >= 0.3 is 0 Å². The second-order valence-corrected chi connectivity index (χ2v) is 6.09. The van der Waals surface area contributed by atoms with E-state index in [-0.39, 0.29) is 18.2 Å². The Morgan fingerprint density at radius 1 is 1.25 bits per heavy atom. The molecule has 112 valence electrons. The number of nitrogens with zero attached hydrogens (tertiary/aromatic N) is 1. The first kappa shape index (κ1) is 15.4. The highest BCUT2D eigenvalue weighted by atomic mass is 19.1. The highest BCUT2D eigenvalue weighted by Crippen LogP contribution is 2.37. The van der Waals surface area contributed by atoms with E-state index in [1.165, 1.54) is 18.2 Å². The summed E-state index contributed by atoms with van der Waals surface area (Å²) in [5.74, 6) is -0.992. The normalized spacial score (nSPS) is 20.9. The summed E-state index contributed by atoms with van der Waals surface area (Å²) in [7, 11) is 0. The van der Waals surface area contributed by atoms with Crippen molar-refractivity contribution in [3.63, 3.8) is 0 Å². The van der Waals surface area contributed by atoms with Crippen molar-refractivity contribution in [3.05, 3.63) is 35.4 Å². The van der Waals surface area contributed by atoms with Crippen molar-refractivity contribution >= 4 is 0 Å². The third-order valence-electron chi connectivity index (χ3n) is 4.86. The van der Waals surface area contributed by atoms with Gasteiger partial charge in [0, 0.05) is 12.1 Å². The van der Waals surface area contributed by atoms with Crippen LogP contribution in [0.1, 0.15) is 44.7 Å². The molecule has 0 aliphatic carbocycles. The van der Waals surface area contributed by atoms with E-state index in [9.17, 15) is 8.78 Å². The zero-order valence-electron chi connectivity index (χ0n) is 12.3. The first-order chi connectivity index (χ1) is 9.50. The van der Waals surface area contributed by atoms with Crippen molar-refractivity contribution < 1.29 is 8.78 Å². The first-order valence-electron chi connectivity index (χ1n) is 7.39. The van der Waals surface area contributed by atoms with Gasteiger partial charge in [-0.25, -0.2) is 8.78 Å². The average Bonchev–Trinajstić information content (AvgIpc) is 2.44. The Balaban J connectivity index is 2.18. The molecule has 1 atom stereocenters. The second-order valence-electron chi connectivity index (χ2n) is 6.09. The van der Waals surface area contributed by atoms with Gasteiger partial charge in [0.15, 0.2) is 0 Å². The Bertz CT molecular complexity index is 434. The van der Waals surface area contributed by atoms with E-state index in [0.717, 1.165) is 32.4 Å². The molecule has 1 heterocycles. The van der Waals surface area contributed by atoms with E-state index in [1.54, 1.807) is 0 Å². The lowest BCUT2D eigenvalue weighted by molar-refractivity contribution is 0.0802. The molecular weight excluding hydrogens is 258 g/mol. The van der Waals surface area contributed by atoms with Gasteiger partial charge in [-0.2, -0.15) is 0 Å². The van der Waals surface area contributed by atoms with Crippen LogP contribution in [-0.4, -0.2) is 24.5 Å². The Hall–Kier alpha value is -1.00. The Morgan fingerprint density at radius 2 is 1.80 bits per heavy atom. The standard InChI is InChI=1S/C16H24F2N2/c1-3-16(2)7-9-20(10-8-16)14(11-19)15-12(17)5-4-6-13(15)18/h4-6,14H,3,7-11,19H2,1-2H3. The summed E-state index contributed by atoms with van der Waals surface area (Å²) in [6, 6.07) is 3.65. The second kappa shape index (κ2) is 6.19. The summed E-state index contributed by atoms with van der Waals surface area (Å²) in [5.41, 5.74) is 6.27. The van der Waals surface area contributed by atoms with Crippen LogP contribution in [0.25, 0.3) is 0 Å². The molecular formula is C16H24F2N2. The number of piperidine rings is 1. The van der Waals surface area contributed by atoms with Crippen LogP contribution in [0.5, 0.6) is 0 Å². The topological polar surface area (TPSA) is 29.3 Å². The molecule has 0 bridgehead atoms. The molecule has 0 saturated carbocycles. The van der Waals surface area contributed by atoms with Crippen molar-refractivity contribution in [1.29, 1.82) is 0 Å². The van der Waals surface area contributed by atoms with Crippen LogP contribution in [-0.2, 0) is 0 Å². The highest BCUT2D eigenvalue weighted by Gasteiger charge is 2.33. The van der Waals surface area contributed by atoms with Crippen LogP contribution < -0.4 is 5.73 Å². The predicted octanol–water partition coefficient (Wildman–Crippen LogP) is 3.48. The third kappa shape index (κ3) is 3.01. The molecule has 20 heavy (non-hydrogen) atoms. The predicted molar refractivity (Wildman–Crippen MR) is 77.4 cm³/mol. The molecule has 2 nitrogen and oxygen atoms in total. The molecule has 0 aromatic heterocycles. The Kier molecular flexibility index (Phi) is 4.76. The lowest BCUT2D eigenvalue weighted by atomic mass is 9.77. The quantitative estimate of drug-likeness (QED) is 0.916. The van der Waals surface area contributed by atoms with Crippen molar-refractivity contribution in [3.8, 4) is 0 Å². The van der Waals surface area contributed by atoms with Crippen molar-refractivity contribution in [1.82, 2.24) is 4.90 Å². The minimum atomic E-state index is -0.496. The molecule has 1 aliphatic rings. The van der Waals surface area contributed by atoms with Gasteiger partial charge in [-0.15, -0.1) is 0 Å². The van der Waals surface area contributed by atoms with Crippen LogP contribution >= 0.6 is 0 Å². The molecule has 2 rings (SSSR count). The SMILES string of the molecule is CCC1(C)CCN(C(CN)c2c(F)cccc2F)CC1. The maximum absolute atomic E-state index is 13.9. The lowest BCUT2D eigenvalue weighted by Gasteiger charge is -2.42. The fourth-order valence-electron chi connectivity index (χ4n) is 3.01. The summed E-state index contributed by atoms with van der Waals surface area (Å²) in [4.78, 5) is 2.12. The molecule has 0 spiro atoms. The van der Waals surface area contributed by atoms with Gasteiger partial charge in [-0.1, -0.05) is 26.3 Å². The largest absolute Gasteiger partial charge is 0.329 e. The van der Waals surface area contributed by atoms with Gasteiger partial charge in [0.1, 0.15) is 11.6 Å². The average molecular weight is 282 g/mol. The highest BCUT2D eigenvalue weighted by molar-refractivity contribution is 5.24. The smallest absolute Gasteiger partial charge is 0.130 e. The summed E-state index contributed by atoms with van der Waals surface area (Å²) < 4.78 is 27.9. The van der Waals surface area contributed by atoms with E-state index in [2.05, 4.69) is 18.7 Å². The van der Waals surface area contributed by atoms with Crippen LogP contribution in [0.15, 0.2) is 18.2 Å². The van der Waals surface area contributed by atoms with Gasteiger partial charge in [0.05, 0.1) is 6.04 Å². The van der Waals surface area contributed by atoms with Crippen LogP contribution in [0.3, 0.4) is 0 Å². The number of hydrogen-bond acceptors (Lipinski definition) is 2. The van der Waals surface area contributed by atoms with Crippen LogP contribution in [0.4, 0.5) is 8.78 Å². The Labute approximate surface area is 120 Å². The molecule has 4 heteroatoms. The van der Waals surface area contributed by atoms with Crippen molar-refractivity contribution in [2.75, 3.05) is 19.6 Å². The van der Waals surface area contributed by atoms with Crippen molar-refractivity contribution in [2.24, 2.45) is 11.1 Å². The zero-order chi connectivity index (χ0) is 14.8. The number of halogens is 2. The molecule has 0 amide bonds. The lowest BCUT2D eigenvalue weighted by Crippen LogP contribution is -2.43. The molecule has 2 N–H and O–H groups in total. The maximum atomic E-state index is 13.9. The van der Waals surface area contributed by atoms with Crippen LogP contribution in [0, 0.1) is 17.0 Å². The molecule has 1 aliphatic heterocycles. The van der Waals surface area contributed by atoms with Gasteiger partial charge in [-0.3, -0.25) is 4.90 Å².